The van der Waals surface area contributed by atoms with Gasteiger partial charge in [0.2, 0.25) is 5.44 Å². The maximum Gasteiger partial charge on any atom is 0.231 e. The van der Waals surface area contributed by atoms with Crippen LogP contribution in [0.15, 0.2) is 18.3 Å². The normalized spacial score (nSPS) is 31.9. The predicted octanol–water partition coefficient (Wildman–Crippen LogP) is 0.159. The zero-order valence-electron chi connectivity index (χ0n) is 10.0. The van der Waals surface area contributed by atoms with Crippen molar-refractivity contribution in [3.8, 4) is 6.07 Å². The summed E-state index contributed by atoms with van der Waals surface area (Å²) in [5, 5.41) is 12.3. The smallest absolute Gasteiger partial charge is 0.231 e. The molecule has 0 aromatic carbocycles. The number of nitrogens with one attached hydrogen (secondary N) is 1. The highest BCUT2D eigenvalue weighted by atomic mass is 31.2. The second-order valence-electron chi connectivity index (χ2n) is 4.74. The van der Waals surface area contributed by atoms with Crippen LogP contribution in [0.2, 0.25) is 0 Å². The molecule has 2 aliphatic heterocycles. The summed E-state index contributed by atoms with van der Waals surface area (Å²) in [7, 11) is -2.86. The fraction of sp³-hybridized carbons (Fsp3) is 0.500. The summed E-state index contributed by atoms with van der Waals surface area (Å²) in [4.78, 5) is 17.4. The number of hydrogen-bond donors (Lipinski definition) is 1. The Morgan fingerprint density at radius 1 is 1.56 bits per heavy atom. The van der Waals surface area contributed by atoms with Crippen LogP contribution in [0.25, 0.3) is 0 Å². The van der Waals surface area contributed by atoms with Crippen molar-refractivity contribution < 1.29 is 4.89 Å². The van der Waals surface area contributed by atoms with E-state index in [1.54, 1.807) is 18.3 Å². The van der Waals surface area contributed by atoms with Crippen LogP contribution in [0.5, 0.6) is 0 Å². The molecule has 2 unspecified atom stereocenters. The van der Waals surface area contributed by atoms with E-state index >= 15 is 0 Å². The lowest BCUT2D eigenvalue weighted by Gasteiger charge is -2.37. The van der Waals surface area contributed by atoms with Gasteiger partial charge in [-0.1, -0.05) is 6.42 Å². The van der Waals surface area contributed by atoms with Crippen LogP contribution in [0.3, 0.4) is 0 Å². The second-order valence-corrected chi connectivity index (χ2v) is 7.14. The molecule has 6 heteroatoms. The molecule has 3 rings (SSSR count). The van der Waals surface area contributed by atoms with E-state index in [4.69, 9.17) is 5.26 Å². The van der Waals surface area contributed by atoms with Gasteiger partial charge < -0.3 is 4.89 Å². The van der Waals surface area contributed by atoms with Crippen LogP contribution in [-0.2, 0) is 0 Å². The average molecular weight is 262 g/mol. The Morgan fingerprint density at radius 2 is 2.44 bits per heavy atom. The van der Waals surface area contributed by atoms with Gasteiger partial charge in [-0.2, -0.15) is 15.0 Å². The molecule has 0 saturated carbocycles. The minimum absolute atomic E-state index is 0.332. The molecular formula is C12H15N4OP. The van der Waals surface area contributed by atoms with E-state index < -0.39 is 7.79 Å². The quantitative estimate of drug-likeness (QED) is 0.730. The van der Waals surface area contributed by atoms with Gasteiger partial charge in [-0.05, 0) is 25.0 Å². The monoisotopic (exact) mass is 262 g/mol. The van der Waals surface area contributed by atoms with E-state index in [9.17, 15) is 4.89 Å². The minimum Gasteiger partial charge on any atom is -0.645 e. The van der Waals surface area contributed by atoms with Crippen LogP contribution in [-0.4, -0.2) is 28.8 Å². The summed E-state index contributed by atoms with van der Waals surface area (Å²) in [6.07, 6.45) is 4.94. The van der Waals surface area contributed by atoms with Gasteiger partial charge in [-0.3, -0.25) is 0 Å². The molecule has 2 fully saturated rings. The molecule has 3 heterocycles. The molecule has 1 aromatic heterocycles. The Bertz CT molecular complexity index is 503. The Hall–Kier alpha value is -1.05. The third-order valence-electron chi connectivity index (χ3n) is 3.69. The number of hydrogen-bond acceptors (Lipinski definition) is 5. The van der Waals surface area contributed by atoms with Crippen molar-refractivity contribution in [3.63, 3.8) is 0 Å². The fourth-order valence-electron chi connectivity index (χ4n) is 2.81. The van der Waals surface area contributed by atoms with E-state index in [0.717, 1.165) is 25.9 Å². The van der Waals surface area contributed by atoms with E-state index in [1.807, 2.05) is 4.67 Å². The lowest BCUT2D eigenvalue weighted by atomic mass is 10.1. The number of nitrogens with zero attached hydrogens (tertiary/aromatic N) is 3. The number of pyridine rings is 1. The van der Waals surface area contributed by atoms with Crippen molar-refractivity contribution >= 4 is 13.2 Å². The maximum absolute atomic E-state index is 13.2. The van der Waals surface area contributed by atoms with Gasteiger partial charge in [0.25, 0.3) is 0 Å². The number of rotatable bonds is 1. The molecule has 1 aromatic rings. The summed E-state index contributed by atoms with van der Waals surface area (Å²) in [5.74, 6) is 0. The summed E-state index contributed by atoms with van der Waals surface area (Å²) in [5.41, 5.74) is 0.844. The van der Waals surface area contributed by atoms with Gasteiger partial charge in [0.15, 0.2) is 7.79 Å². The Kier molecular flexibility index (Phi) is 3.04. The van der Waals surface area contributed by atoms with Gasteiger partial charge in [-0.15, -0.1) is 0 Å². The fourth-order valence-corrected chi connectivity index (χ4v) is 5.59. The molecule has 5 nitrogen and oxygen atoms in total. The molecular weight excluding hydrogens is 247 g/mol. The summed E-state index contributed by atoms with van der Waals surface area (Å²) >= 11 is 0. The van der Waals surface area contributed by atoms with Gasteiger partial charge >= 0.3 is 0 Å². The van der Waals surface area contributed by atoms with Crippen LogP contribution in [0.1, 0.15) is 24.8 Å². The van der Waals surface area contributed by atoms with E-state index in [2.05, 4.69) is 16.1 Å². The van der Waals surface area contributed by atoms with Gasteiger partial charge in [-0.25, -0.2) is 4.98 Å². The van der Waals surface area contributed by atoms with Crippen molar-refractivity contribution in [3.05, 3.63) is 23.9 Å². The van der Waals surface area contributed by atoms with Gasteiger partial charge in [0.05, 0.1) is 12.6 Å². The number of piperidine rings is 1. The molecule has 0 spiro atoms. The highest BCUT2D eigenvalue weighted by Crippen LogP contribution is 2.55. The summed E-state index contributed by atoms with van der Waals surface area (Å²) in [6, 6.07) is 5.81. The number of nitriles is 1. The lowest BCUT2D eigenvalue weighted by Crippen LogP contribution is -2.44. The largest absolute Gasteiger partial charge is 0.645 e. The van der Waals surface area contributed by atoms with E-state index in [1.165, 1.54) is 6.42 Å². The summed E-state index contributed by atoms with van der Waals surface area (Å²) in [6.45, 7) is 1.56. The van der Waals surface area contributed by atoms with Crippen molar-refractivity contribution in [2.45, 2.75) is 25.3 Å². The molecule has 0 bridgehead atoms. The first kappa shape index (κ1) is 12.0. The van der Waals surface area contributed by atoms with Gasteiger partial charge in [0.1, 0.15) is 11.6 Å². The highest BCUT2D eigenvalue weighted by molar-refractivity contribution is 7.72. The lowest BCUT2D eigenvalue weighted by molar-refractivity contribution is -0.179. The van der Waals surface area contributed by atoms with Crippen LogP contribution >= 0.6 is 7.79 Å². The standard InChI is InChI=1S/C12H15N4OP/c13-8-10-4-3-6-14-12(10)18(17)15-9-11-5-1-2-7-16(11)18/h3-4,6,11H,1-2,5,7,9H2,(H,15,17). The Morgan fingerprint density at radius 3 is 3.28 bits per heavy atom. The third kappa shape index (κ3) is 1.73. The Labute approximate surface area is 107 Å². The topological polar surface area (TPSA) is 75.0 Å². The van der Waals surface area contributed by atoms with Crippen LogP contribution < -0.4 is 15.4 Å². The zero-order valence-corrected chi connectivity index (χ0v) is 10.9. The van der Waals surface area contributed by atoms with Crippen molar-refractivity contribution in [2.24, 2.45) is 0 Å². The average Bonchev–Trinajstić information content (AvgIpc) is 2.78. The zero-order chi connectivity index (χ0) is 12.6. The van der Waals surface area contributed by atoms with Crippen molar-refractivity contribution in [1.29, 1.82) is 5.26 Å². The minimum atomic E-state index is -2.86. The second kappa shape index (κ2) is 4.56. The highest BCUT2D eigenvalue weighted by Gasteiger charge is 2.50. The van der Waals surface area contributed by atoms with E-state index in [-0.39, 0.29) is 0 Å². The molecule has 0 radical (unpaired) electrons. The molecule has 18 heavy (non-hydrogen) atoms. The van der Waals surface area contributed by atoms with E-state index in [0.29, 0.717) is 17.0 Å². The van der Waals surface area contributed by atoms with Crippen molar-refractivity contribution in [2.75, 3.05) is 13.1 Å². The molecule has 0 aliphatic carbocycles. The van der Waals surface area contributed by atoms with Crippen LogP contribution in [0.4, 0.5) is 0 Å². The van der Waals surface area contributed by atoms with Crippen molar-refractivity contribution in [1.82, 2.24) is 14.7 Å². The number of fused-ring (bicyclic) bond motifs is 1. The molecule has 2 saturated heterocycles. The third-order valence-corrected chi connectivity index (χ3v) is 6.49. The van der Waals surface area contributed by atoms with Crippen LogP contribution in [0, 0.1) is 11.3 Å². The predicted molar refractivity (Wildman–Crippen MR) is 67.9 cm³/mol. The SMILES string of the molecule is N#Cc1cccnc1[P+]1([O-])NCC2CCCCN21. The first-order valence-electron chi connectivity index (χ1n) is 6.24. The first-order valence-corrected chi connectivity index (χ1v) is 7.89. The molecule has 94 valence electrons. The Balaban J connectivity index is 2.02. The molecule has 0 amide bonds. The van der Waals surface area contributed by atoms with Gasteiger partial charge in [0, 0.05) is 12.7 Å². The molecule has 2 aliphatic rings. The molecule has 1 N–H and O–H groups in total. The number of aromatic nitrogens is 1. The first-order chi connectivity index (χ1) is 8.75. The molecule has 2 atom stereocenters. The maximum atomic E-state index is 13.2. The summed E-state index contributed by atoms with van der Waals surface area (Å²) < 4.78 is 2.04.